The first-order valence-corrected chi connectivity index (χ1v) is 27.7. The highest BCUT2D eigenvalue weighted by Gasteiger charge is 2.31. The van der Waals surface area contributed by atoms with Gasteiger partial charge in [0.2, 0.25) is 0 Å². The average molecular weight is 952 g/mol. The van der Waals surface area contributed by atoms with Crippen molar-refractivity contribution in [1.82, 2.24) is 39.0 Å². The number of benzene rings is 4. The number of nitrogens with zero attached hydrogens (tertiary/aromatic N) is 11. The molecule has 0 N–H and O–H groups in total. The quantitative estimate of drug-likeness (QED) is 0.0814. The second-order valence-corrected chi connectivity index (χ2v) is 23.9. The molecule has 68 heavy (non-hydrogen) atoms. The fraction of sp³-hybridized carbons (Fsp3) is 0.294. The van der Waals surface area contributed by atoms with Crippen LogP contribution in [0, 0.1) is 5.82 Å². The predicted molar refractivity (Wildman–Crippen MR) is 271 cm³/mol. The number of sulfone groups is 1. The molecule has 0 bridgehead atoms. The third kappa shape index (κ3) is 9.64. The molecular weight excluding hydrogens is 897 g/mol. The van der Waals surface area contributed by atoms with Gasteiger partial charge in [-0.1, -0.05) is 54.6 Å². The highest BCUT2D eigenvalue weighted by atomic mass is 32.2. The Kier molecular flexibility index (Phi) is 12.4. The molecule has 0 aliphatic carbocycles. The summed E-state index contributed by atoms with van der Waals surface area (Å²) in [5.41, 5.74) is 8.35. The van der Waals surface area contributed by atoms with E-state index in [9.17, 15) is 17.4 Å². The molecule has 350 valence electrons. The third-order valence-corrected chi connectivity index (χ3v) is 15.6. The molecule has 2 saturated heterocycles. The number of likely N-dealkylation sites (tertiary alicyclic amines) is 1. The normalized spacial score (nSPS) is 15.6. The third-order valence-electron chi connectivity index (χ3n) is 13.1. The zero-order valence-electron chi connectivity index (χ0n) is 38.7. The number of anilines is 5. The summed E-state index contributed by atoms with van der Waals surface area (Å²) in [5, 5.41) is 15.2. The number of rotatable bonds is 13. The monoisotopic (exact) mass is 951 g/mol. The van der Waals surface area contributed by atoms with Crippen molar-refractivity contribution < 1.29 is 17.4 Å². The summed E-state index contributed by atoms with van der Waals surface area (Å²) in [6, 6.07) is 39.0. The van der Waals surface area contributed by atoms with Gasteiger partial charge in [-0.2, -0.15) is 9.97 Å². The van der Waals surface area contributed by atoms with Crippen molar-refractivity contribution in [3.63, 3.8) is 0 Å². The minimum absolute atomic E-state index is 0.148. The summed E-state index contributed by atoms with van der Waals surface area (Å²) in [6.45, 7) is 9.30. The molecule has 4 aromatic carbocycles. The topological polar surface area (TPSA) is 128 Å². The minimum Gasteiger partial charge on any atom is -0.369 e. The van der Waals surface area contributed by atoms with Crippen LogP contribution in [-0.2, 0) is 14.4 Å². The largest absolute Gasteiger partial charge is 0.369 e. The smallest absolute Gasteiger partial charge is 0.269 e. The first-order valence-electron chi connectivity index (χ1n) is 23.0. The molecule has 0 amide bonds. The van der Waals surface area contributed by atoms with E-state index in [1.807, 2.05) is 70.9 Å². The van der Waals surface area contributed by atoms with E-state index < -0.39 is 17.0 Å². The van der Waals surface area contributed by atoms with Crippen LogP contribution in [0.1, 0.15) is 24.3 Å². The number of hydrogen-bond acceptors (Lipinski definition) is 12. The Balaban J connectivity index is 1.14. The van der Waals surface area contributed by atoms with E-state index in [-0.39, 0.29) is 17.5 Å². The van der Waals surface area contributed by atoms with Gasteiger partial charge in [0.15, 0.2) is 11.3 Å². The predicted octanol–water partition coefficient (Wildman–Crippen LogP) is 8.36. The summed E-state index contributed by atoms with van der Waals surface area (Å²) in [4.78, 5) is 17.6. The van der Waals surface area contributed by atoms with E-state index in [2.05, 4.69) is 70.3 Å². The summed E-state index contributed by atoms with van der Waals surface area (Å²) < 4.78 is 54.7. The van der Waals surface area contributed by atoms with E-state index in [1.165, 1.54) is 18.4 Å². The van der Waals surface area contributed by atoms with Gasteiger partial charge in [0.1, 0.15) is 22.8 Å². The molecule has 0 saturated carbocycles. The number of piperazine rings is 1. The van der Waals surface area contributed by atoms with E-state index >= 15 is 0 Å². The van der Waals surface area contributed by atoms with Crippen LogP contribution in [-0.4, -0.2) is 126 Å². The molecule has 0 radical (unpaired) electrons. The lowest BCUT2D eigenvalue weighted by Crippen LogP contribution is -2.44. The number of piperidine rings is 1. The Hall–Kier alpha value is -6.45. The van der Waals surface area contributed by atoms with Gasteiger partial charge in [0.25, 0.3) is 11.9 Å². The zero-order chi connectivity index (χ0) is 47.2. The van der Waals surface area contributed by atoms with E-state index in [0.717, 1.165) is 102 Å². The molecule has 8 aromatic rings. The fourth-order valence-corrected chi connectivity index (χ4v) is 10.7. The number of hydrazine groups is 1. The lowest BCUT2D eigenvalue weighted by atomic mass is 9.89. The van der Waals surface area contributed by atoms with Crippen LogP contribution < -0.4 is 20.2 Å². The van der Waals surface area contributed by atoms with Crippen molar-refractivity contribution in [3.05, 3.63) is 145 Å². The van der Waals surface area contributed by atoms with Crippen molar-refractivity contribution in [2.75, 3.05) is 93.1 Å². The second kappa shape index (κ2) is 18.6. The van der Waals surface area contributed by atoms with Gasteiger partial charge in [-0.05, 0) is 136 Å². The Morgan fingerprint density at radius 1 is 0.676 bits per heavy atom. The molecule has 2 aliphatic rings. The molecule has 0 spiro atoms. The zero-order valence-corrected chi connectivity index (χ0v) is 40.4. The lowest BCUT2D eigenvalue weighted by Gasteiger charge is -2.36. The molecule has 6 heterocycles. The van der Waals surface area contributed by atoms with Crippen molar-refractivity contribution in [2.45, 2.75) is 18.8 Å². The molecule has 4 aromatic heterocycles. The lowest BCUT2D eigenvalue weighted by molar-refractivity contribution is 0.223. The van der Waals surface area contributed by atoms with Gasteiger partial charge in [-0.15, -0.1) is 10.2 Å². The van der Waals surface area contributed by atoms with Crippen molar-refractivity contribution in [2.24, 2.45) is 0 Å². The van der Waals surface area contributed by atoms with Crippen molar-refractivity contribution in [3.8, 4) is 22.3 Å². The molecule has 17 heteroatoms. The van der Waals surface area contributed by atoms with Crippen LogP contribution in [0.4, 0.5) is 33.3 Å². The molecular formula is C51H55FN11O3PS. The number of aromatic nitrogens is 6. The molecule has 10 rings (SSSR count). The molecule has 0 atom stereocenters. The fourth-order valence-electron chi connectivity index (χ4n) is 9.27. The summed E-state index contributed by atoms with van der Waals surface area (Å²) in [7, 11) is -3.39. The van der Waals surface area contributed by atoms with Crippen LogP contribution in [0.15, 0.2) is 134 Å². The summed E-state index contributed by atoms with van der Waals surface area (Å²) >= 11 is 0. The van der Waals surface area contributed by atoms with Gasteiger partial charge in [0.05, 0.1) is 17.1 Å². The molecule has 2 aliphatic heterocycles. The average Bonchev–Trinajstić information content (AvgIpc) is 3.98. The van der Waals surface area contributed by atoms with Crippen LogP contribution in [0.25, 0.3) is 33.5 Å². The first-order chi connectivity index (χ1) is 32.7. The number of pyridine rings is 2. The SMILES string of the molecule is CN1CCN(c2cccc(N(c3nc4c(-c5ccc(F)cc5)cccn4n3)N(c3cccc(C4CCN(CCS(C)(=O)=O)CC4)c3)c3nc4c(-c5ccc(P(C)(C)=O)cc5)cccn4n3)c2)CC1. The first kappa shape index (κ1) is 45.3. The van der Waals surface area contributed by atoms with Crippen LogP contribution >= 0.6 is 7.14 Å². The van der Waals surface area contributed by atoms with Gasteiger partial charge in [-0.25, -0.2) is 31.9 Å². The van der Waals surface area contributed by atoms with Crippen LogP contribution in [0.5, 0.6) is 0 Å². The van der Waals surface area contributed by atoms with Gasteiger partial charge >= 0.3 is 0 Å². The summed E-state index contributed by atoms with van der Waals surface area (Å²) in [5.74, 6) is 0.790. The number of likely N-dealkylation sites (N-methyl/N-ethyl adjacent to an activating group) is 1. The molecule has 14 nitrogen and oxygen atoms in total. The van der Waals surface area contributed by atoms with Gasteiger partial charge < -0.3 is 19.3 Å². The maximum Gasteiger partial charge on any atom is 0.269 e. The van der Waals surface area contributed by atoms with E-state index in [1.54, 1.807) is 34.5 Å². The van der Waals surface area contributed by atoms with Crippen molar-refractivity contribution >= 4 is 62.5 Å². The Bertz CT molecular complexity index is 3250. The Labute approximate surface area is 396 Å². The van der Waals surface area contributed by atoms with Crippen LogP contribution in [0.2, 0.25) is 0 Å². The highest BCUT2D eigenvalue weighted by Crippen LogP contribution is 2.40. The second-order valence-electron chi connectivity index (χ2n) is 18.4. The summed E-state index contributed by atoms with van der Waals surface area (Å²) in [6.07, 6.45) is 6.80. The minimum atomic E-state index is -3.06. The molecule has 0 unspecified atom stereocenters. The Morgan fingerprint density at radius 3 is 1.78 bits per heavy atom. The number of hydrogen-bond donors (Lipinski definition) is 0. The number of fused-ring (bicyclic) bond motifs is 2. The number of halogens is 1. The van der Waals surface area contributed by atoms with E-state index in [0.29, 0.717) is 29.7 Å². The molecule has 2 fully saturated rings. The standard InChI is InChI=1S/C51H55FN11O3PS/c1-57-29-31-59(32-30-57)42-10-6-12-44(36-42)63(51-54-48-46(13-7-25-60(48)56-51)38-15-19-41(52)20-16-38)62(43-11-5-9-40(35-43)37-23-27-58(28-24-37)33-34-68(4,65)66)50-53-49-47(14-8-26-61(49)55-50)39-17-21-45(22-18-39)67(2,3)64/h5-22,25-26,35-37H,23-24,27-34H2,1-4H3. The maximum atomic E-state index is 14.2. The Morgan fingerprint density at radius 2 is 1.22 bits per heavy atom. The van der Waals surface area contributed by atoms with Gasteiger partial charge in [-0.3, -0.25) is 0 Å². The van der Waals surface area contributed by atoms with Gasteiger partial charge in [0, 0.05) is 73.5 Å². The van der Waals surface area contributed by atoms with E-state index in [4.69, 9.17) is 20.2 Å². The maximum absolute atomic E-state index is 14.2. The van der Waals surface area contributed by atoms with Crippen LogP contribution in [0.3, 0.4) is 0 Å². The highest BCUT2D eigenvalue weighted by molar-refractivity contribution is 7.90. The van der Waals surface area contributed by atoms with Crippen molar-refractivity contribution in [1.29, 1.82) is 0 Å².